The molecule has 0 heterocycles. The molecule has 0 spiro atoms. The zero-order valence-electron chi connectivity index (χ0n) is 13.9. The lowest BCUT2D eigenvalue weighted by atomic mass is 9.83. The van der Waals surface area contributed by atoms with Crippen LogP contribution in [0.15, 0.2) is 29.2 Å². The third-order valence-corrected chi connectivity index (χ3v) is 5.66. The monoisotopic (exact) mass is 312 g/mol. The van der Waals surface area contributed by atoms with E-state index in [1.165, 1.54) is 9.87 Å². The van der Waals surface area contributed by atoms with Gasteiger partial charge in [0.25, 0.3) is 0 Å². The fraction of sp³-hybridized carbons (Fsp3) is 0.625. The Balaban J connectivity index is 3.09. The molecule has 0 radical (unpaired) electrons. The van der Waals surface area contributed by atoms with Gasteiger partial charge in [-0.3, -0.25) is 0 Å². The molecular weight excluding hydrogens is 284 g/mol. The van der Waals surface area contributed by atoms with Crippen molar-refractivity contribution in [2.45, 2.75) is 44.6 Å². The molecule has 2 unspecified atom stereocenters. The van der Waals surface area contributed by atoms with Gasteiger partial charge in [0.1, 0.15) is 0 Å². The highest BCUT2D eigenvalue weighted by Crippen LogP contribution is 2.29. The van der Waals surface area contributed by atoms with Gasteiger partial charge in [-0.15, -0.1) is 0 Å². The van der Waals surface area contributed by atoms with Crippen LogP contribution < -0.4 is 5.32 Å². The summed E-state index contributed by atoms with van der Waals surface area (Å²) in [6.45, 7) is 9.60. The van der Waals surface area contributed by atoms with Gasteiger partial charge in [0.2, 0.25) is 10.0 Å². The van der Waals surface area contributed by atoms with Gasteiger partial charge in [-0.05, 0) is 37.1 Å². The average Bonchev–Trinajstić information content (AvgIpc) is 2.39. The zero-order valence-corrected chi connectivity index (χ0v) is 14.7. The molecule has 0 aliphatic rings. The van der Waals surface area contributed by atoms with Crippen LogP contribution >= 0.6 is 0 Å². The van der Waals surface area contributed by atoms with Crippen LogP contribution in [0.2, 0.25) is 0 Å². The Hall–Kier alpha value is -0.910. The molecule has 0 aromatic heterocycles. The summed E-state index contributed by atoms with van der Waals surface area (Å²) in [5, 5.41) is 3.46. The second-order valence-corrected chi connectivity index (χ2v) is 8.12. The molecule has 0 saturated carbocycles. The Morgan fingerprint density at radius 3 is 2.00 bits per heavy atom. The van der Waals surface area contributed by atoms with Crippen molar-refractivity contribution >= 4 is 10.0 Å². The van der Waals surface area contributed by atoms with Gasteiger partial charge in [-0.2, -0.15) is 0 Å². The molecule has 1 N–H and O–H groups in total. The summed E-state index contributed by atoms with van der Waals surface area (Å²) in [6, 6.07) is 7.65. The standard InChI is InChI=1S/C16H28N2O2S/c1-7-17-13(4)16(12(2)3)14-8-10-15(11-9-14)21(19,20)18(5)6/h8-13,16-17H,7H2,1-6H3. The van der Waals surface area contributed by atoms with Crippen molar-refractivity contribution < 1.29 is 8.42 Å². The summed E-state index contributed by atoms with van der Waals surface area (Å²) in [4.78, 5) is 0.342. The van der Waals surface area contributed by atoms with Gasteiger partial charge in [0, 0.05) is 26.1 Å². The molecule has 0 aliphatic heterocycles. The quantitative estimate of drug-likeness (QED) is 0.842. The van der Waals surface area contributed by atoms with Gasteiger partial charge in [-0.1, -0.05) is 32.9 Å². The van der Waals surface area contributed by atoms with E-state index in [2.05, 4.69) is 33.0 Å². The molecule has 0 aliphatic carbocycles. The highest BCUT2D eigenvalue weighted by molar-refractivity contribution is 7.89. The molecule has 1 aromatic carbocycles. The first-order valence-electron chi connectivity index (χ1n) is 7.47. The van der Waals surface area contributed by atoms with E-state index in [1.807, 2.05) is 12.1 Å². The number of rotatable bonds is 7. The Morgan fingerprint density at radius 1 is 1.10 bits per heavy atom. The van der Waals surface area contributed by atoms with E-state index in [1.54, 1.807) is 26.2 Å². The predicted molar refractivity (Wildman–Crippen MR) is 88.0 cm³/mol. The van der Waals surface area contributed by atoms with Crippen LogP contribution in [-0.4, -0.2) is 39.4 Å². The van der Waals surface area contributed by atoms with Crippen molar-refractivity contribution in [2.75, 3.05) is 20.6 Å². The number of benzene rings is 1. The van der Waals surface area contributed by atoms with E-state index in [0.717, 1.165) is 6.54 Å². The van der Waals surface area contributed by atoms with Crippen molar-refractivity contribution in [2.24, 2.45) is 5.92 Å². The number of nitrogens with zero attached hydrogens (tertiary/aromatic N) is 1. The summed E-state index contributed by atoms with van der Waals surface area (Å²) in [5.74, 6) is 0.844. The van der Waals surface area contributed by atoms with E-state index < -0.39 is 10.0 Å². The summed E-state index contributed by atoms with van der Waals surface area (Å²) in [6.07, 6.45) is 0. The molecule has 21 heavy (non-hydrogen) atoms. The molecular formula is C16H28N2O2S. The molecule has 5 heteroatoms. The maximum absolute atomic E-state index is 12.1. The largest absolute Gasteiger partial charge is 0.314 e. The van der Waals surface area contributed by atoms with Crippen molar-refractivity contribution in [3.63, 3.8) is 0 Å². The lowest BCUT2D eigenvalue weighted by Crippen LogP contribution is -2.34. The molecule has 0 fully saturated rings. The molecule has 2 atom stereocenters. The lowest BCUT2D eigenvalue weighted by Gasteiger charge is -2.28. The Labute approximate surface area is 129 Å². The number of sulfonamides is 1. The average molecular weight is 312 g/mol. The zero-order chi connectivity index (χ0) is 16.2. The molecule has 1 aromatic rings. The van der Waals surface area contributed by atoms with Crippen LogP contribution in [0.4, 0.5) is 0 Å². The third-order valence-electron chi connectivity index (χ3n) is 3.83. The first kappa shape index (κ1) is 18.1. The smallest absolute Gasteiger partial charge is 0.242 e. The van der Waals surface area contributed by atoms with E-state index in [-0.39, 0.29) is 0 Å². The van der Waals surface area contributed by atoms with Crippen molar-refractivity contribution in [3.05, 3.63) is 29.8 Å². The second kappa shape index (κ2) is 7.38. The maximum Gasteiger partial charge on any atom is 0.242 e. The number of likely N-dealkylation sites (N-methyl/N-ethyl adjacent to an activating group) is 1. The Morgan fingerprint density at radius 2 is 1.62 bits per heavy atom. The van der Waals surface area contributed by atoms with Gasteiger partial charge >= 0.3 is 0 Å². The minimum absolute atomic E-state index is 0.342. The molecule has 0 saturated heterocycles. The minimum atomic E-state index is -3.35. The number of hydrogen-bond donors (Lipinski definition) is 1. The van der Waals surface area contributed by atoms with E-state index >= 15 is 0 Å². The van der Waals surface area contributed by atoms with Gasteiger partial charge in [-0.25, -0.2) is 12.7 Å². The summed E-state index contributed by atoms with van der Waals surface area (Å²) < 4.78 is 25.4. The predicted octanol–water partition coefficient (Wildman–Crippen LogP) is 2.67. The first-order valence-corrected chi connectivity index (χ1v) is 8.91. The van der Waals surface area contributed by atoms with Crippen LogP contribution in [0.25, 0.3) is 0 Å². The van der Waals surface area contributed by atoms with Crippen molar-refractivity contribution in [3.8, 4) is 0 Å². The van der Waals surface area contributed by atoms with Crippen LogP contribution in [0.5, 0.6) is 0 Å². The normalized spacial score (nSPS) is 15.4. The fourth-order valence-corrected chi connectivity index (χ4v) is 3.67. The van der Waals surface area contributed by atoms with Gasteiger partial charge in [0.15, 0.2) is 0 Å². The second-order valence-electron chi connectivity index (χ2n) is 5.97. The summed E-state index contributed by atoms with van der Waals surface area (Å²) in [7, 11) is -0.254. The maximum atomic E-state index is 12.1. The fourth-order valence-electron chi connectivity index (χ4n) is 2.77. The van der Waals surface area contributed by atoms with E-state index in [9.17, 15) is 8.42 Å². The molecule has 0 amide bonds. The number of hydrogen-bond acceptors (Lipinski definition) is 3. The summed E-state index contributed by atoms with van der Waals surface area (Å²) >= 11 is 0. The Kier molecular flexibility index (Phi) is 6.38. The van der Waals surface area contributed by atoms with Crippen molar-refractivity contribution in [1.29, 1.82) is 0 Å². The topological polar surface area (TPSA) is 49.4 Å². The molecule has 1 rings (SSSR count). The van der Waals surface area contributed by atoms with E-state index in [0.29, 0.717) is 22.8 Å². The van der Waals surface area contributed by atoms with Crippen molar-refractivity contribution in [1.82, 2.24) is 9.62 Å². The third kappa shape index (κ3) is 4.28. The minimum Gasteiger partial charge on any atom is -0.314 e. The van der Waals surface area contributed by atoms with Crippen LogP contribution in [-0.2, 0) is 10.0 Å². The van der Waals surface area contributed by atoms with Gasteiger partial charge in [0.05, 0.1) is 4.90 Å². The Bertz CT molecular complexity index is 536. The molecule has 4 nitrogen and oxygen atoms in total. The van der Waals surface area contributed by atoms with Crippen LogP contribution in [0.1, 0.15) is 39.2 Å². The summed E-state index contributed by atoms with van der Waals surface area (Å²) in [5.41, 5.74) is 1.18. The number of nitrogens with one attached hydrogen (secondary N) is 1. The highest BCUT2D eigenvalue weighted by Gasteiger charge is 2.23. The van der Waals surface area contributed by atoms with Crippen LogP contribution in [0, 0.1) is 5.92 Å². The van der Waals surface area contributed by atoms with Gasteiger partial charge < -0.3 is 5.32 Å². The highest BCUT2D eigenvalue weighted by atomic mass is 32.2. The first-order chi connectivity index (χ1) is 9.71. The molecule has 0 bridgehead atoms. The SMILES string of the molecule is CCNC(C)C(c1ccc(S(=O)(=O)N(C)C)cc1)C(C)C. The lowest BCUT2D eigenvalue weighted by molar-refractivity contribution is 0.383. The molecule has 120 valence electrons. The van der Waals surface area contributed by atoms with Crippen LogP contribution in [0.3, 0.4) is 0 Å². The van der Waals surface area contributed by atoms with E-state index in [4.69, 9.17) is 0 Å².